The van der Waals surface area contributed by atoms with E-state index in [4.69, 9.17) is 0 Å². The summed E-state index contributed by atoms with van der Waals surface area (Å²) in [6, 6.07) is 11.7. The third kappa shape index (κ3) is 3.36. The van der Waals surface area contributed by atoms with Gasteiger partial charge >= 0.3 is 0 Å². The second-order valence-electron chi connectivity index (χ2n) is 4.82. The van der Waals surface area contributed by atoms with Crippen molar-refractivity contribution >= 4 is 33.2 Å². The van der Waals surface area contributed by atoms with Crippen molar-refractivity contribution in [1.82, 2.24) is 4.98 Å². The molecule has 2 aromatic rings. The van der Waals surface area contributed by atoms with Crippen LogP contribution in [0.15, 0.2) is 47.1 Å². The fraction of sp³-hybridized carbons (Fsp3) is 0.200. The van der Waals surface area contributed by atoms with Crippen molar-refractivity contribution in [1.29, 1.82) is 0 Å². The molecule has 1 aromatic heterocycles. The Hall–Kier alpha value is -1.88. The molecule has 0 bridgehead atoms. The first-order valence-electron chi connectivity index (χ1n) is 6.50. The minimum absolute atomic E-state index is 0.207. The predicted molar refractivity (Wildman–Crippen MR) is 83.0 cm³/mol. The minimum atomic E-state index is -0.207. The molecule has 0 radical (unpaired) electrons. The first-order valence-corrected chi connectivity index (χ1v) is 7.29. The van der Waals surface area contributed by atoms with Crippen molar-refractivity contribution in [2.75, 3.05) is 10.6 Å². The van der Waals surface area contributed by atoms with Crippen molar-refractivity contribution in [3.05, 3.63) is 52.8 Å². The minimum Gasteiger partial charge on any atom is -0.381 e. The number of anilines is 2. The SMILES string of the molecule is O=C(Nc1cccc(Br)c1)c1ccc(NC2CC2)cn1. The summed E-state index contributed by atoms with van der Waals surface area (Å²) in [4.78, 5) is 16.3. The molecule has 0 atom stereocenters. The molecule has 20 heavy (non-hydrogen) atoms. The number of nitrogens with zero attached hydrogens (tertiary/aromatic N) is 1. The van der Waals surface area contributed by atoms with Gasteiger partial charge in [-0.1, -0.05) is 22.0 Å². The zero-order valence-corrected chi connectivity index (χ0v) is 12.4. The van der Waals surface area contributed by atoms with Gasteiger partial charge in [0.15, 0.2) is 0 Å². The largest absolute Gasteiger partial charge is 0.381 e. The molecule has 3 rings (SSSR count). The van der Waals surface area contributed by atoms with Gasteiger partial charge in [0.2, 0.25) is 0 Å². The van der Waals surface area contributed by atoms with E-state index in [1.165, 1.54) is 12.8 Å². The molecule has 5 heteroatoms. The highest BCUT2D eigenvalue weighted by molar-refractivity contribution is 9.10. The molecular weight excluding hydrogens is 318 g/mol. The van der Waals surface area contributed by atoms with E-state index in [1.807, 2.05) is 30.3 Å². The number of amides is 1. The number of rotatable bonds is 4. The first-order chi connectivity index (χ1) is 9.70. The summed E-state index contributed by atoms with van der Waals surface area (Å²) in [5.74, 6) is -0.207. The summed E-state index contributed by atoms with van der Waals surface area (Å²) in [6.45, 7) is 0. The van der Waals surface area contributed by atoms with Gasteiger partial charge in [-0.05, 0) is 43.2 Å². The maximum absolute atomic E-state index is 12.1. The lowest BCUT2D eigenvalue weighted by molar-refractivity contribution is 0.102. The van der Waals surface area contributed by atoms with Crippen LogP contribution >= 0.6 is 15.9 Å². The molecular formula is C15H14BrN3O. The van der Waals surface area contributed by atoms with E-state index < -0.39 is 0 Å². The third-order valence-electron chi connectivity index (χ3n) is 3.03. The second kappa shape index (κ2) is 5.63. The van der Waals surface area contributed by atoms with Crippen LogP contribution in [-0.4, -0.2) is 16.9 Å². The lowest BCUT2D eigenvalue weighted by Gasteiger charge is -2.07. The fourth-order valence-corrected chi connectivity index (χ4v) is 2.24. The van der Waals surface area contributed by atoms with Gasteiger partial charge in [-0.25, -0.2) is 4.98 Å². The smallest absolute Gasteiger partial charge is 0.274 e. The highest BCUT2D eigenvalue weighted by atomic mass is 79.9. The molecule has 1 aliphatic rings. The third-order valence-corrected chi connectivity index (χ3v) is 3.52. The molecule has 1 fully saturated rings. The fourth-order valence-electron chi connectivity index (χ4n) is 1.84. The number of halogens is 1. The van der Waals surface area contributed by atoms with Crippen LogP contribution in [0.2, 0.25) is 0 Å². The molecule has 1 saturated carbocycles. The van der Waals surface area contributed by atoms with Gasteiger partial charge in [0.25, 0.3) is 5.91 Å². The van der Waals surface area contributed by atoms with Crippen molar-refractivity contribution in [2.45, 2.75) is 18.9 Å². The molecule has 0 unspecified atom stereocenters. The molecule has 1 amide bonds. The molecule has 0 aliphatic heterocycles. The van der Waals surface area contributed by atoms with E-state index in [1.54, 1.807) is 12.3 Å². The summed E-state index contributed by atoms with van der Waals surface area (Å²) >= 11 is 3.37. The van der Waals surface area contributed by atoms with Gasteiger partial charge in [0, 0.05) is 16.2 Å². The Balaban J connectivity index is 1.66. The van der Waals surface area contributed by atoms with Crippen LogP contribution in [0.3, 0.4) is 0 Å². The monoisotopic (exact) mass is 331 g/mol. The molecule has 4 nitrogen and oxygen atoms in total. The first kappa shape index (κ1) is 13.1. The van der Waals surface area contributed by atoms with Crippen LogP contribution in [0.1, 0.15) is 23.3 Å². The van der Waals surface area contributed by atoms with Crippen LogP contribution in [0.5, 0.6) is 0 Å². The Morgan fingerprint density at radius 2 is 2.05 bits per heavy atom. The Morgan fingerprint density at radius 1 is 1.20 bits per heavy atom. The number of carbonyl (C=O) groups is 1. The molecule has 2 N–H and O–H groups in total. The summed E-state index contributed by atoms with van der Waals surface area (Å²) in [7, 11) is 0. The Labute approximate surface area is 125 Å². The van der Waals surface area contributed by atoms with Crippen molar-refractivity contribution in [3.8, 4) is 0 Å². The number of hydrogen-bond donors (Lipinski definition) is 2. The van der Waals surface area contributed by atoms with Crippen LogP contribution in [-0.2, 0) is 0 Å². The molecule has 1 aromatic carbocycles. The summed E-state index contributed by atoms with van der Waals surface area (Å²) in [5.41, 5.74) is 2.11. The van der Waals surface area contributed by atoms with Crippen molar-refractivity contribution in [3.63, 3.8) is 0 Å². The van der Waals surface area contributed by atoms with Gasteiger partial charge in [-0.15, -0.1) is 0 Å². The van der Waals surface area contributed by atoms with E-state index >= 15 is 0 Å². The number of nitrogens with one attached hydrogen (secondary N) is 2. The standard InChI is InChI=1S/C15H14BrN3O/c16-10-2-1-3-12(8-10)19-15(20)14-7-6-13(9-17-14)18-11-4-5-11/h1-3,6-9,11,18H,4-5H2,(H,19,20). The normalized spacial score (nSPS) is 13.8. The number of carbonyl (C=O) groups excluding carboxylic acids is 1. The highest BCUT2D eigenvalue weighted by Gasteiger charge is 2.20. The lowest BCUT2D eigenvalue weighted by atomic mass is 10.3. The number of pyridine rings is 1. The quantitative estimate of drug-likeness (QED) is 0.898. The van der Waals surface area contributed by atoms with Crippen LogP contribution < -0.4 is 10.6 Å². The summed E-state index contributed by atoms with van der Waals surface area (Å²) in [5, 5.41) is 6.16. The number of hydrogen-bond acceptors (Lipinski definition) is 3. The Morgan fingerprint density at radius 3 is 2.70 bits per heavy atom. The second-order valence-corrected chi connectivity index (χ2v) is 5.73. The molecule has 102 valence electrons. The van der Waals surface area contributed by atoms with E-state index in [9.17, 15) is 4.79 Å². The van der Waals surface area contributed by atoms with Gasteiger partial charge in [0.1, 0.15) is 5.69 Å². The van der Waals surface area contributed by atoms with E-state index in [-0.39, 0.29) is 5.91 Å². The molecule has 1 aliphatic carbocycles. The number of benzene rings is 1. The van der Waals surface area contributed by atoms with Crippen molar-refractivity contribution in [2.24, 2.45) is 0 Å². The molecule has 0 saturated heterocycles. The zero-order valence-electron chi connectivity index (χ0n) is 10.8. The average Bonchev–Trinajstić information content (AvgIpc) is 3.23. The molecule has 1 heterocycles. The Kier molecular flexibility index (Phi) is 3.69. The highest BCUT2D eigenvalue weighted by Crippen LogP contribution is 2.24. The van der Waals surface area contributed by atoms with Gasteiger partial charge < -0.3 is 10.6 Å². The van der Waals surface area contributed by atoms with Crippen LogP contribution in [0.25, 0.3) is 0 Å². The van der Waals surface area contributed by atoms with Crippen LogP contribution in [0, 0.1) is 0 Å². The number of aromatic nitrogens is 1. The summed E-state index contributed by atoms with van der Waals surface area (Å²) in [6.07, 6.45) is 4.13. The van der Waals surface area contributed by atoms with E-state index in [0.717, 1.165) is 15.8 Å². The Bertz CT molecular complexity index is 623. The van der Waals surface area contributed by atoms with Gasteiger partial charge in [0.05, 0.1) is 11.9 Å². The van der Waals surface area contributed by atoms with Crippen molar-refractivity contribution < 1.29 is 4.79 Å². The van der Waals surface area contributed by atoms with Gasteiger partial charge in [-0.2, -0.15) is 0 Å². The zero-order chi connectivity index (χ0) is 13.9. The average molecular weight is 332 g/mol. The van der Waals surface area contributed by atoms with E-state index in [2.05, 4.69) is 31.5 Å². The van der Waals surface area contributed by atoms with Gasteiger partial charge in [-0.3, -0.25) is 4.79 Å². The lowest BCUT2D eigenvalue weighted by Crippen LogP contribution is -2.13. The maximum Gasteiger partial charge on any atom is 0.274 e. The topological polar surface area (TPSA) is 54.0 Å². The summed E-state index contributed by atoms with van der Waals surface area (Å²) < 4.78 is 0.923. The predicted octanol–water partition coefficient (Wildman–Crippen LogP) is 3.67. The maximum atomic E-state index is 12.1. The van der Waals surface area contributed by atoms with E-state index in [0.29, 0.717) is 11.7 Å². The van der Waals surface area contributed by atoms with Crippen LogP contribution in [0.4, 0.5) is 11.4 Å². The molecule has 0 spiro atoms.